The molecule has 0 atom stereocenters. The van der Waals surface area contributed by atoms with Gasteiger partial charge in [0.15, 0.2) is 10.5 Å². The van der Waals surface area contributed by atoms with Crippen LogP contribution in [0.1, 0.15) is 34.3 Å². The Labute approximate surface area is 353 Å². The zero-order valence-electron chi connectivity index (χ0n) is 29.0. The van der Waals surface area contributed by atoms with Crippen molar-refractivity contribution in [2.24, 2.45) is 5.73 Å². The Morgan fingerprint density at radius 1 is 0.868 bits per heavy atom. The van der Waals surface area contributed by atoms with Crippen LogP contribution in [0.3, 0.4) is 0 Å². The quantitative estimate of drug-likeness (QED) is 0.0277. The number of fused-ring (bicyclic) bond motifs is 2. The van der Waals surface area contributed by atoms with E-state index in [0.717, 1.165) is 11.1 Å². The Bertz CT molecular complexity index is 2180. The van der Waals surface area contributed by atoms with E-state index in [9.17, 15) is 34.6 Å². The molecule has 53 heavy (non-hydrogen) atoms. The van der Waals surface area contributed by atoms with Crippen LogP contribution in [0.15, 0.2) is 100 Å². The molecule has 0 fully saturated rings. The summed E-state index contributed by atoms with van der Waals surface area (Å²) in [5.74, 6) is -3.65. The molecule has 262 valence electrons. The van der Waals surface area contributed by atoms with Crippen molar-refractivity contribution >= 4 is 51.8 Å². The van der Waals surface area contributed by atoms with Gasteiger partial charge in [-0.3, -0.25) is 9.59 Å². The summed E-state index contributed by atoms with van der Waals surface area (Å²) in [6.07, 6.45) is 2.04. The van der Waals surface area contributed by atoms with Gasteiger partial charge in [0.2, 0.25) is 5.91 Å². The number of nitrogens with one attached hydrogen (secondary N) is 1. The van der Waals surface area contributed by atoms with E-state index < -0.39 is 17.8 Å². The molecular weight excluding hydrogens is 722 g/mol. The second kappa shape index (κ2) is 19.8. The van der Waals surface area contributed by atoms with Gasteiger partial charge in [0.1, 0.15) is 11.3 Å². The third kappa shape index (κ3) is 11.2. The number of amides is 1. The zero-order valence-corrected chi connectivity index (χ0v) is 33.9. The molecule has 1 amide bonds. The molecular formula is C37H32N4Na2O9S. The van der Waals surface area contributed by atoms with Gasteiger partial charge < -0.3 is 46.0 Å². The van der Waals surface area contributed by atoms with Gasteiger partial charge in [-0.2, -0.15) is 0 Å². The Hall–Kier alpha value is -4.09. The monoisotopic (exact) mass is 754 g/mol. The molecule has 16 heteroatoms. The fraction of sp³-hybridized carbons (Fsp3) is 0.162. The number of carbonyl (C=O) groups excluding carboxylic acids is 1. The van der Waals surface area contributed by atoms with Crippen LogP contribution in [0.25, 0.3) is 33.4 Å². The number of hydrogen-bond acceptors (Lipinski definition) is 9. The molecule has 0 saturated carbocycles. The molecule has 0 bridgehead atoms. The average molecular weight is 755 g/mol. The summed E-state index contributed by atoms with van der Waals surface area (Å²) in [5.41, 5.74) is 9.08. The molecule has 0 saturated heterocycles. The van der Waals surface area contributed by atoms with Gasteiger partial charge in [0, 0.05) is 66.6 Å². The number of hydrogen-bond donors (Lipinski definition) is 4. The maximum Gasteiger partial charge on any atom is 1.00 e. The van der Waals surface area contributed by atoms with Crippen LogP contribution in [0.5, 0.6) is 5.75 Å². The molecule has 1 aliphatic carbocycles. The summed E-state index contributed by atoms with van der Waals surface area (Å²) in [7, 11) is 0. The minimum Gasteiger partial charge on any atom is -0.872 e. The number of anilines is 1. The molecule has 1 aliphatic heterocycles. The number of hydroxylamine groups is 2. The maximum atomic E-state index is 12.7. The number of thiocarbonyl (C=S) groups is 1. The molecule has 2 aliphatic rings. The second-order valence-electron chi connectivity index (χ2n) is 11.5. The van der Waals surface area contributed by atoms with Crippen molar-refractivity contribution < 1.29 is 93.2 Å². The van der Waals surface area contributed by atoms with Gasteiger partial charge in [-0.15, -0.1) is 5.75 Å². The van der Waals surface area contributed by atoms with E-state index in [-0.39, 0.29) is 104 Å². The number of carboxylic acid groups (broad SMARTS) is 2. The fourth-order valence-corrected chi connectivity index (χ4v) is 5.78. The number of nitrogens with two attached hydrogens (primary N) is 1. The van der Waals surface area contributed by atoms with Crippen molar-refractivity contribution in [1.82, 2.24) is 9.96 Å². The summed E-state index contributed by atoms with van der Waals surface area (Å²) in [6.45, 7) is 0.932. The molecule has 5 rings (SSSR count). The predicted octanol–water partition coefficient (Wildman–Crippen LogP) is -1.25. The molecule has 0 unspecified atom stereocenters. The van der Waals surface area contributed by atoms with Crippen molar-refractivity contribution in [3.8, 4) is 28.2 Å². The predicted molar refractivity (Wildman–Crippen MR) is 193 cm³/mol. The number of aliphatic carboxylic acids is 1. The molecule has 0 radical (unpaired) electrons. The van der Waals surface area contributed by atoms with Gasteiger partial charge >= 0.3 is 71.1 Å². The normalized spacial score (nSPS) is 10.8. The van der Waals surface area contributed by atoms with Crippen molar-refractivity contribution in [1.29, 1.82) is 0 Å². The van der Waals surface area contributed by atoms with E-state index in [1.807, 2.05) is 29.2 Å². The first-order chi connectivity index (χ1) is 24.4. The number of carbonyl (C=O) groups is 3. The third-order valence-corrected chi connectivity index (χ3v) is 8.37. The van der Waals surface area contributed by atoms with Crippen molar-refractivity contribution in [2.75, 3.05) is 18.4 Å². The number of rotatable bonds is 13. The van der Waals surface area contributed by atoms with Crippen molar-refractivity contribution in [3.05, 3.63) is 123 Å². The van der Waals surface area contributed by atoms with Gasteiger partial charge in [0.05, 0.1) is 5.56 Å². The summed E-state index contributed by atoms with van der Waals surface area (Å²) < 4.78 is 5.87. The molecule has 0 spiro atoms. The van der Waals surface area contributed by atoms with E-state index in [0.29, 0.717) is 72.4 Å². The van der Waals surface area contributed by atoms with Crippen molar-refractivity contribution in [3.63, 3.8) is 0 Å². The largest absolute Gasteiger partial charge is 1.00 e. The minimum atomic E-state index is -1.34. The number of aromatic carboxylic acids is 1. The number of benzene rings is 4. The first-order valence-corrected chi connectivity index (χ1v) is 16.1. The summed E-state index contributed by atoms with van der Waals surface area (Å²) >= 11 is 5.78. The zero-order chi connectivity index (χ0) is 36.7. The van der Waals surface area contributed by atoms with Gasteiger partial charge in [-0.25, -0.2) is 9.59 Å². The Morgan fingerprint density at radius 3 is 2.23 bits per heavy atom. The molecule has 5 N–H and O–H groups in total. The molecule has 3 aromatic rings. The van der Waals surface area contributed by atoms with Crippen LogP contribution < -0.4 is 80.7 Å². The van der Waals surface area contributed by atoms with E-state index in [2.05, 4.69) is 5.32 Å². The van der Waals surface area contributed by atoms with E-state index in [4.69, 9.17) is 27.5 Å². The minimum absolute atomic E-state index is 0. The van der Waals surface area contributed by atoms with Crippen LogP contribution in [-0.2, 0) is 22.7 Å². The van der Waals surface area contributed by atoms with Crippen LogP contribution in [0, 0.1) is 5.21 Å². The van der Waals surface area contributed by atoms with Crippen LogP contribution in [-0.4, -0.2) is 56.2 Å². The van der Waals surface area contributed by atoms with Gasteiger partial charge in [-0.05, 0) is 72.1 Å². The Kier molecular flexibility index (Phi) is 16.2. The molecule has 3 aromatic carbocycles. The molecule has 13 nitrogen and oxygen atoms in total. The number of carboxylic acids is 2. The Morgan fingerprint density at radius 2 is 1.55 bits per heavy atom. The summed E-state index contributed by atoms with van der Waals surface area (Å²) in [4.78, 5) is 49.2. The van der Waals surface area contributed by atoms with E-state index >= 15 is 0 Å². The first kappa shape index (κ1) is 43.3. The topological polar surface area (TPSA) is 213 Å². The SMILES string of the molecule is NCc1ccc(CN(CCCCN([O-])C(=O)/C=C/C(=O)O)C(=S)Nc2ccc(-c3c4ccc(=O)cc-4oc4cc([O-])ccc34)c(C(=O)O)c2)cc1.[Na+].[Na+]. The standard InChI is InChI=1S/C37H33N4O9S.2Na/c38-20-22-3-5-23(6-4-22)21-40(15-1-2-16-41(49)33(44)13-14-34(45)46)37(51)39-24-7-10-27(30(17-24)36(47)48)35-28-11-8-25(42)18-31(28)50-32-19-26(43)9-12-29(32)35;;/h3-14,17-19,42H,1-2,15-16,20-21,38H2,(H,39,51)(H,45,46)(H,47,48);;/q-1;2*+1/p-1/b14-13+;;. The third-order valence-electron chi connectivity index (χ3n) is 8.01. The van der Waals surface area contributed by atoms with Crippen LogP contribution >= 0.6 is 12.2 Å². The smallest absolute Gasteiger partial charge is 0.872 e. The van der Waals surface area contributed by atoms with Gasteiger partial charge in [0.25, 0.3) is 0 Å². The number of nitrogens with zero attached hydrogens (tertiary/aromatic N) is 2. The second-order valence-corrected chi connectivity index (χ2v) is 11.9. The number of unbranched alkanes of at least 4 members (excludes halogenated alkanes) is 1. The summed E-state index contributed by atoms with van der Waals surface area (Å²) in [5, 5.41) is 47.4. The van der Waals surface area contributed by atoms with Crippen LogP contribution in [0.4, 0.5) is 5.69 Å². The Balaban J connectivity index is 0.00000378. The van der Waals surface area contributed by atoms with E-state index in [1.54, 1.807) is 24.3 Å². The van der Waals surface area contributed by atoms with Gasteiger partial charge in [-0.1, -0.05) is 42.5 Å². The molecule has 0 aromatic heterocycles. The molecule has 1 heterocycles. The average Bonchev–Trinajstić information content (AvgIpc) is 3.10. The van der Waals surface area contributed by atoms with E-state index in [1.165, 1.54) is 30.3 Å². The maximum absolute atomic E-state index is 12.7. The summed E-state index contributed by atoms with van der Waals surface area (Å²) in [6, 6.07) is 20.7. The fourth-order valence-electron chi connectivity index (χ4n) is 5.51. The van der Waals surface area contributed by atoms with Crippen molar-refractivity contribution in [2.45, 2.75) is 25.9 Å². The van der Waals surface area contributed by atoms with Crippen LogP contribution in [0.2, 0.25) is 0 Å². The first-order valence-electron chi connectivity index (χ1n) is 15.7.